The molecule has 3 aromatic heterocycles. The first-order valence-electron chi connectivity index (χ1n) is 7.83. The lowest BCUT2D eigenvalue weighted by molar-refractivity contribution is 0.112. The molecule has 0 aromatic carbocycles. The molecule has 0 saturated carbocycles. The van der Waals surface area contributed by atoms with Crippen LogP contribution in [0.2, 0.25) is 0 Å². The summed E-state index contributed by atoms with van der Waals surface area (Å²) in [7, 11) is 0. The number of pyridine rings is 1. The van der Waals surface area contributed by atoms with Gasteiger partial charge in [-0.05, 0) is 12.1 Å². The number of carbonyl (C=O) groups excluding carboxylic acids is 1. The van der Waals surface area contributed by atoms with E-state index in [1.54, 1.807) is 23.0 Å². The summed E-state index contributed by atoms with van der Waals surface area (Å²) >= 11 is 0. The minimum atomic E-state index is 0.269. The second-order valence-electron chi connectivity index (χ2n) is 5.59. The van der Waals surface area contributed by atoms with Gasteiger partial charge in [0.25, 0.3) is 0 Å². The average Bonchev–Trinajstić information content (AvgIpc) is 3.07. The molecule has 0 radical (unpaired) electrons. The molecule has 1 aliphatic heterocycles. The first-order chi connectivity index (χ1) is 12.3. The van der Waals surface area contributed by atoms with Crippen LogP contribution in [-0.4, -0.2) is 52.2 Å². The van der Waals surface area contributed by atoms with E-state index < -0.39 is 0 Å². The number of hydrogen-bond donors (Lipinski definition) is 0. The predicted molar refractivity (Wildman–Crippen MR) is 89.4 cm³/mol. The lowest BCUT2D eigenvalue weighted by atomic mass is 10.1. The minimum absolute atomic E-state index is 0.269. The van der Waals surface area contributed by atoms with Gasteiger partial charge < -0.3 is 9.64 Å². The maximum atomic E-state index is 11.6. The second-order valence-corrected chi connectivity index (χ2v) is 5.59. The van der Waals surface area contributed by atoms with Crippen LogP contribution in [0.15, 0.2) is 30.7 Å². The summed E-state index contributed by atoms with van der Waals surface area (Å²) in [6.45, 7) is 2.81. The van der Waals surface area contributed by atoms with Gasteiger partial charge in [-0.15, -0.1) is 0 Å². The van der Waals surface area contributed by atoms with Gasteiger partial charge in [-0.25, -0.2) is 9.50 Å². The molecule has 0 atom stereocenters. The molecule has 0 amide bonds. The summed E-state index contributed by atoms with van der Waals surface area (Å²) in [6.07, 6.45) is 5.45. The number of morpholine rings is 1. The number of carbonyl (C=O) groups is 1. The maximum Gasteiger partial charge on any atom is 0.178 e. The van der Waals surface area contributed by atoms with Crippen molar-refractivity contribution in [1.29, 1.82) is 5.26 Å². The molecule has 8 heteroatoms. The molecule has 0 N–H and O–H groups in total. The summed E-state index contributed by atoms with van der Waals surface area (Å²) in [5, 5.41) is 13.5. The number of nitrogens with zero attached hydrogens (tertiary/aromatic N) is 6. The van der Waals surface area contributed by atoms with Crippen molar-refractivity contribution in [3.05, 3.63) is 42.0 Å². The highest BCUT2D eigenvalue weighted by molar-refractivity contribution is 5.88. The smallest absolute Gasteiger partial charge is 0.178 e. The molecule has 3 aromatic rings. The van der Waals surface area contributed by atoms with Gasteiger partial charge in [0, 0.05) is 31.0 Å². The van der Waals surface area contributed by atoms with Crippen molar-refractivity contribution in [1.82, 2.24) is 19.6 Å². The average molecular weight is 334 g/mol. The van der Waals surface area contributed by atoms with Crippen molar-refractivity contribution < 1.29 is 9.53 Å². The first-order valence-corrected chi connectivity index (χ1v) is 7.83. The summed E-state index contributed by atoms with van der Waals surface area (Å²) in [5.41, 5.74) is 3.34. The van der Waals surface area contributed by atoms with Gasteiger partial charge in [-0.3, -0.25) is 9.78 Å². The van der Waals surface area contributed by atoms with Gasteiger partial charge in [0.15, 0.2) is 11.9 Å². The Hall–Kier alpha value is -3.31. The quantitative estimate of drug-likeness (QED) is 0.666. The molecule has 0 unspecified atom stereocenters. The fourth-order valence-corrected chi connectivity index (χ4v) is 2.99. The zero-order chi connectivity index (χ0) is 17.2. The molecule has 0 bridgehead atoms. The first kappa shape index (κ1) is 15.2. The Balaban J connectivity index is 1.92. The van der Waals surface area contributed by atoms with Crippen LogP contribution in [0.25, 0.3) is 16.9 Å². The highest BCUT2D eigenvalue weighted by atomic mass is 16.5. The summed E-state index contributed by atoms with van der Waals surface area (Å²) in [5.74, 6) is 0. The Morgan fingerprint density at radius 3 is 2.88 bits per heavy atom. The van der Waals surface area contributed by atoms with E-state index in [2.05, 4.69) is 26.0 Å². The Morgan fingerprint density at radius 1 is 1.28 bits per heavy atom. The maximum absolute atomic E-state index is 11.6. The number of aromatic nitrogens is 4. The van der Waals surface area contributed by atoms with Crippen molar-refractivity contribution in [2.24, 2.45) is 0 Å². The summed E-state index contributed by atoms with van der Waals surface area (Å²) in [4.78, 5) is 22.3. The van der Waals surface area contributed by atoms with Crippen molar-refractivity contribution in [2.75, 3.05) is 31.2 Å². The van der Waals surface area contributed by atoms with Crippen molar-refractivity contribution >= 4 is 17.6 Å². The monoisotopic (exact) mass is 334 g/mol. The molecule has 4 heterocycles. The van der Waals surface area contributed by atoms with Crippen LogP contribution < -0.4 is 4.90 Å². The SMILES string of the molecule is N#Cc1cncc(-c2c(C=O)nc3c(N4CCOCC4)ccnn23)c1. The van der Waals surface area contributed by atoms with Crippen molar-refractivity contribution in [3.63, 3.8) is 0 Å². The normalized spacial score (nSPS) is 14.4. The molecule has 8 nitrogen and oxygen atoms in total. The van der Waals surface area contributed by atoms with E-state index in [9.17, 15) is 4.79 Å². The lowest BCUT2D eigenvalue weighted by Gasteiger charge is -2.28. The van der Waals surface area contributed by atoms with E-state index in [1.165, 1.54) is 6.20 Å². The van der Waals surface area contributed by atoms with E-state index in [1.807, 2.05) is 6.07 Å². The standard InChI is InChI=1S/C17H14N6O2/c18-8-12-7-13(10-19-9-12)16-14(11-24)21-17-15(1-2-20-23(16)17)22-3-5-25-6-4-22/h1-2,7,9-11H,3-6H2. The highest BCUT2D eigenvalue weighted by Crippen LogP contribution is 2.28. The van der Waals surface area contributed by atoms with Gasteiger partial charge in [0.2, 0.25) is 0 Å². The molecular formula is C17H14N6O2. The predicted octanol–water partition coefficient (Wildman–Crippen LogP) is 1.31. The van der Waals surface area contributed by atoms with Gasteiger partial charge in [-0.1, -0.05) is 0 Å². The van der Waals surface area contributed by atoms with Gasteiger partial charge in [0.05, 0.1) is 30.7 Å². The zero-order valence-corrected chi connectivity index (χ0v) is 13.3. The number of ether oxygens (including phenoxy) is 1. The molecule has 0 aliphatic carbocycles. The second kappa shape index (κ2) is 6.30. The molecule has 1 fully saturated rings. The number of nitriles is 1. The van der Waals surface area contributed by atoms with Crippen molar-refractivity contribution in [3.8, 4) is 17.3 Å². The molecule has 4 rings (SSSR count). The topological polar surface area (TPSA) is 96.4 Å². The van der Waals surface area contributed by atoms with Gasteiger partial charge >= 0.3 is 0 Å². The highest BCUT2D eigenvalue weighted by Gasteiger charge is 2.21. The zero-order valence-electron chi connectivity index (χ0n) is 13.3. The summed E-state index contributed by atoms with van der Waals surface area (Å²) in [6, 6.07) is 5.61. The fraction of sp³-hybridized carbons (Fsp3) is 0.235. The Morgan fingerprint density at radius 2 is 2.12 bits per heavy atom. The molecule has 0 spiro atoms. The van der Waals surface area contributed by atoms with Crippen LogP contribution >= 0.6 is 0 Å². The van der Waals surface area contributed by atoms with Crippen LogP contribution in [0, 0.1) is 11.3 Å². The van der Waals surface area contributed by atoms with Crippen LogP contribution in [0.1, 0.15) is 16.1 Å². The number of aldehydes is 1. The number of imidazole rings is 1. The Labute approximate surface area is 143 Å². The molecular weight excluding hydrogens is 320 g/mol. The molecule has 25 heavy (non-hydrogen) atoms. The third-order valence-corrected chi connectivity index (χ3v) is 4.13. The van der Waals surface area contributed by atoms with E-state index in [-0.39, 0.29) is 5.69 Å². The molecule has 124 valence electrons. The van der Waals surface area contributed by atoms with Gasteiger partial charge in [-0.2, -0.15) is 10.4 Å². The Bertz CT molecular complexity index is 984. The number of anilines is 1. The van der Waals surface area contributed by atoms with Gasteiger partial charge in [0.1, 0.15) is 17.5 Å². The summed E-state index contributed by atoms with van der Waals surface area (Å²) < 4.78 is 7.03. The third-order valence-electron chi connectivity index (χ3n) is 4.13. The van der Waals surface area contributed by atoms with Crippen LogP contribution in [0.5, 0.6) is 0 Å². The number of rotatable bonds is 3. The van der Waals surface area contributed by atoms with E-state index in [4.69, 9.17) is 10.00 Å². The van der Waals surface area contributed by atoms with Crippen molar-refractivity contribution in [2.45, 2.75) is 0 Å². The van der Waals surface area contributed by atoms with E-state index >= 15 is 0 Å². The third kappa shape index (κ3) is 2.60. The largest absolute Gasteiger partial charge is 0.378 e. The number of hydrogen-bond acceptors (Lipinski definition) is 7. The van der Waals surface area contributed by atoms with E-state index in [0.29, 0.717) is 42.0 Å². The lowest BCUT2D eigenvalue weighted by Crippen LogP contribution is -2.36. The van der Waals surface area contributed by atoms with E-state index in [0.717, 1.165) is 18.8 Å². The molecule has 1 saturated heterocycles. The molecule has 1 aliphatic rings. The number of fused-ring (bicyclic) bond motifs is 1. The van der Waals surface area contributed by atoms with Crippen LogP contribution in [0.3, 0.4) is 0 Å². The fourth-order valence-electron chi connectivity index (χ4n) is 2.99. The van der Waals surface area contributed by atoms with Crippen LogP contribution in [0.4, 0.5) is 5.69 Å². The Kier molecular flexibility index (Phi) is 3.84. The minimum Gasteiger partial charge on any atom is -0.378 e. The van der Waals surface area contributed by atoms with Crippen LogP contribution in [-0.2, 0) is 4.74 Å².